The van der Waals surface area contributed by atoms with Gasteiger partial charge < -0.3 is 15.0 Å². The molecule has 0 aliphatic carbocycles. The lowest BCUT2D eigenvalue weighted by Crippen LogP contribution is -2.49. The van der Waals surface area contributed by atoms with Crippen molar-refractivity contribution in [3.05, 3.63) is 29.8 Å². The van der Waals surface area contributed by atoms with Crippen molar-refractivity contribution in [3.8, 4) is 5.75 Å². The van der Waals surface area contributed by atoms with Crippen LogP contribution in [0.2, 0.25) is 0 Å². The zero-order chi connectivity index (χ0) is 16.1. The van der Waals surface area contributed by atoms with Crippen LogP contribution in [0.4, 0.5) is 0 Å². The average Bonchev–Trinajstić information content (AvgIpc) is 3.03. The molecule has 1 aromatic carbocycles. The second-order valence-electron chi connectivity index (χ2n) is 5.34. The lowest BCUT2D eigenvalue weighted by Gasteiger charge is -2.24. The molecular weight excluding hydrogens is 300 g/mol. The highest BCUT2D eigenvalue weighted by Gasteiger charge is 2.35. The Bertz CT molecular complexity index is 550. The molecule has 1 saturated heterocycles. The van der Waals surface area contributed by atoms with Crippen molar-refractivity contribution in [2.75, 3.05) is 18.7 Å². The van der Waals surface area contributed by atoms with E-state index in [2.05, 4.69) is 5.32 Å². The number of hydrogen-bond acceptors (Lipinski definition) is 4. The quantitative estimate of drug-likeness (QED) is 0.902. The van der Waals surface area contributed by atoms with Crippen molar-refractivity contribution in [1.82, 2.24) is 10.2 Å². The number of amides is 2. The van der Waals surface area contributed by atoms with Gasteiger partial charge in [0, 0.05) is 17.4 Å². The average molecular weight is 322 g/mol. The van der Waals surface area contributed by atoms with Crippen molar-refractivity contribution < 1.29 is 14.3 Å². The number of rotatable bonds is 5. The highest BCUT2D eigenvalue weighted by molar-refractivity contribution is 7.99. The highest BCUT2D eigenvalue weighted by Crippen LogP contribution is 2.24. The highest BCUT2D eigenvalue weighted by atomic mass is 32.2. The van der Waals surface area contributed by atoms with Crippen LogP contribution in [-0.4, -0.2) is 47.5 Å². The number of benzene rings is 1. The fourth-order valence-electron chi connectivity index (χ4n) is 2.22. The fraction of sp³-hybridized carbons (Fsp3) is 0.500. The molecular formula is C16H22N2O3S. The van der Waals surface area contributed by atoms with Gasteiger partial charge in [-0.05, 0) is 31.5 Å². The second kappa shape index (κ2) is 7.54. The number of nitrogens with one attached hydrogen (secondary N) is 1. The maximum atomic E-state index is 12.7. The van der Waals surface area contributed by atoms with Crippen LogP contribution in [0.15, 0.2) is 24.3 Å². The summed E-state index contributed by atoms with van der Waals surface area (Å²) in [5.74, 6) is 1.61. The zero-order valence-corrected chi connectivity index (χ0v) is 14.0. The minimum Gasteiger partial charge on any atom is -0.497 e. The summed E-state index contributed by atoms with van der Waals surface area (Å²) in [5, 5.41) is 2.96. The predicted molar refractivity (Wildman–Crippen MR) is 88.2 cm³/mol. The summed E-state index contributed by atoms with van der Waals surface area (Å²) in [6, 6.07) is 6.74. The van der Waals surface area contributed by atoms with Crippen LogP contribution in [0, 0.1) is 0 Å². The minimum atomic E-state index is -0.405. The predicted octanol–water partition coefficient (Wildman–Crippen LogP) is 2.12. The molecule has 2 rings (SSSR count). The van der Waals surface area contributed by atoms with Gasteiger partial charge in [0.15, 0.2) is 0 Å². The van der Waals surface area contributed by atoms with Gasteiger partial charge in [-0.1, -0.05) is 13.0 Å². The molecule has 6 heteroatoms. The Labute approximate surface area is 135 Å². The molecule has 0 spiro atoms. The smallest absolute Gasteiger partial charge is 0.255 e. The van der Waals surface area contributed by atoms with Gasteiger partial charge in [0.05, 0.1) is 13.0 Å². The Kier molecular flexibility index (Phi) is 5.71. The lowest BCUT2D eigenvalue weighted by atomic mass is 10.1. The van der Waals surface area contributed by atoms with E-state index in [0.29, 0.717) is 22.9 Å². The molecule has 1 fully saturated rings. The molecule has 2 atom stereocenters. The third kappa shape index (κ3) is 3.74. The Morgan fingerprint density at radius 1 is 1.50 bits per heavy atom. The first kappa shape index (κ1) is 16.7. The summed E-state index contributed by atoms with van der Waals surface area (Å²) in [6.07, 6.45) is 0.870. The number of ether oxygens (including phenoxy) is 1. The second-order valence-corrected chi connectivity index (χ2v) is 6.34. The monoisotopic (exact) mass is 322 g/mol. The SMILES string of the molecule is CC[C@@H](C)NC(=O)[C@H]1CSCN1C(=O)c1cccc(OC)c1. The molecule has 0 unspecified atom stereocenters. The van der Waals surface area contributed by atoms with Crippen LogP contribution < -0.4 is 10.1 Å². The fourth-order valence-corrected chi connectivity index (χ4v) is 3.38. The Hall–Kier alpha value is -1.69. The largest absolute Gasteiger partial charge is 0.497 e. The molecule has 0 saturated carbocycles. The van der Waals surface area contributed by atoms with Gasteiger partial charge in [0.25, 0.3) is 5.91 Å². The first-order chi connectivity index (χ1) is 10.6. The molecule has 1 aliphatic rings. The molecule has 1 aliphatic heterocycles. The number of thioether (sulfide) groups is 1. The lowest BCUT2D eigenvalue weighted by molar-refractivity contribution is -0.125. The van der Waals surface area contributed by atoms with E-state index < -0.39 is 6.04 Å². The molecule has 2 amide bonds. The van der Waals surface area contributed by atoms with E-state index in [1.54, 1.807) is 48.0 Å². The molecule has 120 valence electrons. The van der Waals surface area contributed by atoms with Crippen LogP contribution in [0.1, 0.15) is 30.6 Å². The maximum absolute atomic E-state index is 12.7. The molecule has 22 heavy (non-hydrogen) atoms. The summed E-state index contributed by atoms with van der Waals surface area (Å²) in [6.45, 7) is 3.99. The van der Waals surface area contributed by atoms with Gasteiger partial charge in [-0.15, -0.1) is 11.8 Å². The van der Waals surface area contributed by atoms with E-state index in [1.165, 1.54) is 0 Å². The van der Waals surface area contributed by atoms with Gasteiger partial charge >= 0.3 is 0 Å². The summed E-state index contributed by atoms with van der Waals surface area (Å²) >= 11 is 1.60. The summed E-state index contributed by atoms with van der Waals surface area (Å²) < 4.78 is 5.15. The summed E-state index contributed by atoms with van der Waals surface area (Å²) in [7, 11) is 1.57. The van der Waals surface area contributed by atoms with E-state index in [0.717, 1.165) is 6.42 Å². The number of carbonyl (C=O) groups excluding carboxylic acids is 2. The number of hydrogen-bond donors (Lipinski definition) is 1. The van der Waals surface area contributed by atoms with E-state index in [1.807, 2.05) is 13.8 Å². The molecule has 1 aromatic rings. The van der Waals surface area contributed by atoms with Gasteiger partial charge in [-0.25, -0.2) is 0 Å². The van der Waals surface area contributed by atoms with E-state index in [9.17, 15) is 9.59 Å². The molecule has 5 nitrogen and oxygen atoms in total. The third-order valence-electron chi connectivity index (χ3n) is 3.76. The molecule has 1 N–H and O–H groups in total. The standard InChI is InChI=1S/C16H22N2O3S/c1-4-11(2)17-15(19)14-9-22-10-18(14)16(20)12-6-5-7-13(8-12)21-3/h5-8,11,14H,4,9-10H2,1-3H3,(H,17,19)/t11-,14-/m1/s1. The number of nitrogens with zero attached hydrogens (tertiary/aromatic N) is 1. The Balaban J connectivity index is 2.12. The number of methoxy groups -OCH3 is 1. The zero-order valence-electron chi connectivity index (χ0n) is 13.2. The van der Waals surface area contributed by atoms with Gasteiger partial charge in [-0.2, -0.15) is 0 Å². The van der Waals surface area contributed by atoms with Gasteiger partial charge in [0.1, 0.15) is 11.8 Å². The summed E-state index contributed by atoms with van der Waals surface area (Å²) in [5.41, 5.74) is 0.545. The van der Waals surface area contributed by atoms with E-state index in [4.69, 9.17) is 4.74 Å². The normalized spacial score (nSPS) is 18.9. The van der Waals surface area contributed by atoms with Crippen LogP contribution in [0.5, 0.6) is 5.75 Å². The van der Waals surface area contributed by atoms with Gasteiger partial charge in [0.2, 0.25) is 5.91 Å². The summed E-state index contributed by atoms with van der Waals surface area (Å²) in [4.78, 5) is 26.6. The van der Waals surface area contributed by atoms with Crippen LogP contribution in [0.25, 0.3) is 0 Å². The maximum Gasteiger partial charge on any atom is 0.255 e. The van der Waals surface area contributed by atoms with Crippen LogP contribution in [0.3, 0.4) is 0 Å². The number of carbonyl (C=O) groups is 2. The van der Waals surface area contributed by atoms with Crippen molar-refractivity contribution >= 4 is 23.6 Å². The van der Waals surface area contributed by atoms with Crippen molar-refractivity contribution in [1.29, 1.82) is 0 Å². The van der Waals surface area contributed by atoms with E-state index >= 15 is 0 Å². The first-order valence-corrected chi connectivity index (χ1v) is 8.55. The van der Waals surface area contributed by atoms with Crippen molar-refractivity contribution in [2.24, 2.45) is 0 Å². The molecule has 1 heterocycles. The Morgan fingerprint density at radius 2 is 2.27 bits per heavy atom. The van der Waals surface area contributed by atoms with Crippen molar-refractivity contribution in [3.63, 3.8) is 0 Å². The van der Waals surface area contributed by atoms with Crippen LogP contribution >= 0.6 is 11.8 Å². The Morgan fingerprint density at radius 3 is 2.95 bits per heavy atom. The van der Waals surface area contributed by atoms with Gasteiger partial charge in [-0.3, -0.25) is 9.59 Å². The van der Waals surface area contributed by atoms with Crippen LogP contribution in [-0.2, 0) is 4.79 Å². The molecule has 0 aromatic heterocycles. The topological polar surface area (TPSA) is 58.6 Å². The molecule has 0 bridgehead atoms. The first-order valence-electron chi connectivity index (χ1n) is 7.40. The molecule has 0 radical (unpaired) electrons. The minimum absolute atomic E-state index is 0.0735. The van der Waals surface area contributed by atoms with E-state index in [-0.39, 0.29) is 17.9 Å². The third-order valence-corrected chi connectivity index (χ3v) is 4.78. The van der Waals surface area contributed by atoms with Crippen molar-refractivity contribution in [2.45, 2.75) is 32.4 Å².